The first-order valence-electron chi connectivity index (χ1n) is 4.08. The molecule has 12 heavy (non-hydrogen) atoms. The maximum absolute atomic E-state index is 9.55. The van der Waals surface area contributed by atoms with Gasteiger partial charge >= 0.3 is 0 Å². The molecule has 4 nitrogen and oxygen atoms in total. The van der Waals surface area contributed by atoms with Gasteiger partial charge in [-0.05, 0) is 6.92 Å². The zero-order valence-electron chi connectivity index (χ0n) is 7.69. The maximum atomic E-state index is 9.55. The van der Waals surface area contributed by atoms with Crippen LogP contribution in [0.25, 0.3) is 0 Å². The predicted octanol–water partition coefficient (Wildman–Crippen LogP) is 0.144. The van der Waals surface area contributed by atoms with E-state index in [1.807, 2.05) is 6.92 Å². The highest BCUT2D eigenvalue weighted by atomic mass is 16.7. The van der Waals surface area contributed by atoms with Crippen LogP contribution in [-0.2, 0) is 14.2 Å². The second-order valence-corrected chi connectivity index (χ2v) is 3.01. The zero-order chi connectivity index (χ0) is 9.14. The number of aliphatic hydroxyl groups is 1. The SMILES string of the molecule is COC1C[C@@H](OC)[C@@H](O)[C@@H](C)O1. The third kappa shape index (κ3) is 1.95. The number of hydrogen-bond donors (Lipinski definition) is 1. The lowest BCUT2D eigenvalue weighted by atomic mass is 10.0. The van der Waals surface area contributed by atoms with Crippen LogP contribution in [0.1, 0.15) is 13.3 Å². The topological polar surface area (TPSA) is 47.9 Å². The second-order valence-electron chi connectivity index (χ2n) is 3.01. The molecule has 1 fully saturated rings. The lowest BCUT2D eigenvalue weighted by Crippen LogP contribution is -2.48. The molecule has 0 radical (unpaired) electrons. The van der Waals surface area contributed by atoms with E-state index in [0.717, 1.165) is 0 Å². The molecule has 1 N–H and O–H groups in total. The fourth-order valence-electron chi connectivity index (χ4n) is 1.39. The predicted molar refractivity (Wildman–Crippen MR) is 42.8 cm³/mol. The van der Waals surface area contributed by atoms with Gasteiger partial charge in [0.05, 0.1) is 12.2 Å². The van der Waals surface area contributed by atoms with Gasteiger partial charge in [0.1, 0.15) is 6.10 Å². The third-order valence-corrected chi connectivity index (χ3v) is 2.22. The molecule has 0 saturated carbocycles. The van der Waals surface area contributed by atoms with Crippen molar-refractivity contribution >= 4 is 0 Å². The van der Waals surface area contributed by atoms with Crippen LogP contribution in [0, 0.1) is 0 Å². The Kier molecular flexibility index (Phi) is 3.46. The van der Waals surface area contributed by atoms with Gasteiger partial charge in [-0.3, -0.25) is 0 Å². The maximum Gasteiger partial charge on any atom is 0.160 e. The second kappa shape index (κ2) is 4.18. The number of hydrogen-bond acceptors (Lipinski definition) is 4. The summed E-state index contributed by atoms with van der Waals surface area (Å²) in [6.45, 7) is 1.81. The molecule has 72 valence electrons. The van der Waals surface area contributed by atoms with E-state index < -0.39 is 6.10 Å². The monoisotopic (exact) mass is 176 g/mol. The minimum atomic E-state index is -0.554. The van der Waals surface area contributed by atoms with Crippen LogP contribution in [-0.4, -0.2) is 43.9 Å². The summed E-state index contributed by atoms with van der Waals surface area (Å²) in [5.74, 6) is 0. The van der Waals surface area contributed by atoms with Crippen molar-refractivity contribution in [1.29, 1.82) is 0 Å². The van der Waals surface area contributed by atoms with Gasteiger partial charge in [-0.2, -0.15) is 0 Å². The Labute approximate surface area is 72.4 Å². The molecule has 0 aromatic rings. The van der Waals surface area contributed by atoms with Crippen LogP contribution < -0.4 is 0 Å². The highest BCUT2D eigenvalue weighted by molar-refractivity contribution is 4.80. The Balaban J connectivity index is 2.52. The van der Waals surface area contributed by atoms with Crippen molar-refractivity contribution in [3.05, 3.63) is 0 Å². The summed E-state index contributed by atoms with van der Waals surface area (Å²) in [6.07, 6.45) is -0.638. The zero-order valence-corrected chi connectivity index (χ0v) is 7.69. The molecule has 0 spiro atoms. The normalized spacial score (nSPS) is 43.0. The van der Waals surface area contributed by atoms with Crippen molar-refractivity contribution in [1.82, 2.24) is 0 Å². The Morgan fingerprint density at radius 3 is 2.50 bits per heavy atom. The van der Waals surface area contributed by atoms with E-state index in [-0.39, 0.29) is 18.5 Å². The lowest BCUT2D eigenvalue weighted by Gasteiger charge is -2.36. The number of aliphatic hydroxyl groups excluding tert-OH is 1. The molecule has 0 amide bonds. The van der Waals surface area contributed by atoms with Crippen molar-refractivity contribution < 1.29 is 19.3 Å². The van der Waals surface area contributed by atoms with Gasteiger partial charge in [-0.15, -0.1) is 0 Å². The number of rotatable bonds is 2. The standard InChI is InChI=1S/C8H16O4/c1-5-8(9)6(10-2)4-7(11-3)12-5/h5-9H,4H2,1-3H3/t5-,6-,7?,8+/m1/s1. The van der Waals surface area contributed by atoms with Crippen molar-refractivity contribution in [3.8, 4) is 0 Å². The molecule has 1 rings (SSSR count). The molecule has 0 bridgehead atoms. The van der Waals surface area contributed by atoms with Crippen LogP contribution in [0.3, 0.4) is 0 Å². The third-order valence-electron chi connectivity index (χ3n) is 2.22. The molecule has 0 aliphatic carbocycles. The first-order valence-corrected chi connectivity index (χ1v) is 4.08. The molecule has 0 aromatic carbocycles. The van der Waals surface area contributed by atoms with E-state index in [0.29, 0.717) is 6.42 Å². The Bertz CT molecular complexity index is 139. The molecule has 1 unspecified atom stereocenters. The highest BCUT2D eigenvalue weighted by Crippen LogP contribution is 2.22. The molecule has 4 heteroatoms. The van der Waals surface area contributed by atoms with Crippen molar-refractivity contribution in [2.24, 2.45) is 0 Å². The van der Waals surface area contributed by atoms with E-state index in [4.69, 9.17) is 14.2 Å². The lowest BCUT2D eigenvalue weighted by molar-refractivity contribution is -0.241. The molecule has 1 saturated heterocycles. The minimum Gasteiger partial charge on any atom is -0.388 e. The smallest absolute Gasteiger partial charge is 0.160 e. The first-order chi connectivity index (χ1) is 5.69. The molecule has 1 aliphatic rings. The average molecular weight is 176 g/mol. The fraction of sp³-hybridized carbons (Fsp3) is 1.00. The van der Waals surface area contributed by atoms with Gasteiger partial charge in [0.25, 0.3) is 0 Å². The van der Waals surface area contributed by atoms with Gasteiger partial charge in [0.15, 0.2) is 6.29 Å². The van der Waals surface area contributed by atoms with Crippen LogP contribution in [0.2, 0.25) is 0 Å². The largest absolute Gasteiger partial charge is 0.388 e. The van der Waals surface area contributed by atoms with Gasteiger partial charge in [-0.1, -0.05) is 0 Å². The van der Waals surface area contributed by atoms with E-state index >= 15 is 0 Å². The molecular weight excluding hydrogens is 160 g/mol. The van der Waals surface area contributed by atoms with Gasteiger partial charge in [-0.25, -0.2) is 0 Å². The summed E-state index contributed by atoms with van der Waals surface area (Å²) >= 11 is 0. The average Bonchev–Trinajstić information content (AvgIpc) is 2.09. The summed E-state index contributed by atoms with van der Waals surface area (Å²) in [5, 5.41) is 9.55. The summed E-state index contributed by atoms with van der Waals surface area (Å²) in [7, 11) is 3.17. The Morgan fingerprint density at radius 2 is 2.00 bits per heavy atom. The van der Waals surface area contributed by atoms with Crippen molar-refractivity contribution in [3.63, 3.8) is 0 Å². The van der Waals surface area contributed by atoms with E-state index in [2.05, 4.69) is 0 Å². The van der Waals surface area contributed by atoms with Gasteiger partial charge in [0.2, 0.25) is 0 Å². The molecule has 1 aliphatic heterocycles. The van der Waals surface area contributed by atoms with E-state index in [1.54, 1.807) is 14.2 Å². The summed E-state index contributed by atoms with van der Waals surface area (Å²) in [6, 6.07) is 0. The van der Waals surface area contributed by atoms with Crippen LogP contribution in [0.15, 0.2) is 0 Å². The van der Waals surface area contributed by atoms with E-state index in [1.165, 1.54) is 0 Å². The fourth-order valence-corrected chi connectivity index (χ4v) is 1.39. The summed E-state index contributed by atoms with van der Waals surface area (Å²) < 4.78 is 15.5. The van der Waals surface area contributed by atoms with Crippen molar-refractivity contribution in [2.75, 3.05) is 14.2 Å². The Morgan fingerprint density at radius 1 is 1.33 bits per heavy atom. The minimum absolute atomic E-state index is 0.182. The molecule has 4 atom stereocenters. The molecule has 0 aromatic heterocycles. The van der Waals surface area contributed by atoms with Crippen LogP contribution in [0.4, 0.5) is 0 Å². The summed E-state index contributed by atoms with van der Waals surface area (Å²) in [4.78, 5) is 0. The first kappa shape index (κ1) is 9.92. The number of ether oxygens (including phenoxy) is 3. The van der Waals surface area contributed by atoms with E-state index in [9.17, 15) is 5.11 Å². The molecular formula is C8H16O4. The quantitative estimate of drug-likeness (QED) is 0.650. The number of methoxy groups -OCH3 is 2. The van der Waals surface area contributed by atoms with Crippen LogP contribution >= 0.6 is 0 Å². The molecule has 1 heterocycles. The van der Waals surface area contributed by atoms with Crippen LogP contribution in [0.5, 0.6) is 0 Å². The Hall–Kier alpha value is -0.160. The van der Waals surface area contributed by atoms with Gasteiger partial charge < -0.3 is 19.3 Å². The van der Waals surface area contributed by atoms with Crippen molar-refractivity contribution in [2.45, 2.75) is 37.9 Å². The summed E-state index contributed by atoms with van der Waals surface area (Å²) in [5.41, 5.74) is 0. The van der Waals surface area contributed by atoms with Gasteiger partial charge in [0, 0.05) is 20.6 Å². The highest BCUT2D eigenvalue weighted by Gasteiger charge is 2.35.